The van der Waals surface area contributed by atoms with Crippen LogP contribution in [0.3, 0.4) is 0 Å². The molecule has 0 spiro atoms. The minimum atomic E-state index is -0.355. The molecule has 0 aliphatic heterocycles. The van der Waals surface area contributed by atoms with Crippen molar-refractivity contribution in [1.29, 1.82) is 0 Å². The standard InChI is InChI=1S/C22H16BrCl2N3O2/c1-13(27-28-21(29)14-5-7-16(23)8-6-14)15-3-2-4-18(11-15)26-22(30)19-10-9-17(24)12-20(19)25/h2-12H,1H3,(H,26,30)(H,28,29). The zero-order valence-electron chi connectivity index (χ0n) is 15.7. The summed E-state index contributed by atoms with van der Waals surface area (Å²) in [7, 11) is 0. The Labute approximate surface area is 192 Å². The summed E-state index contributed by atoms with van der Waals surface area (Å²) >= 11 is 15.3. The first-order valence-corrected chi connectivity index (χ1v) is 10.4. The fraction of sp³-hybridized carbons (Fsp3) is 0.0455. The molecule has 0 saturated heterocycles. The van der Waals surface area contributed by atoms with Gasteiger partial charge in [0.2, 0.25) is 0 Å². The minimum absolute atomic E-state index is 0.268. The van der Waals surface area contributed by atoms with Crippen molar-refractivity contribution in [3.05, 3.63) is 97.9 Å². The van der Waals surface area contributed by atoms with Gasteiger partial charge in [-0.2, -0.15) is 5.10 Å². The van der Waals surface area contributed by atoms with E-state index in [-0.39, 0.29) is 16.8 Å². The van der Waals surface area contributed by atoms with Crippen molar-refractivity contribution in [2.75, 3.05) is 5.32 Å². The van der Waals surface area contributed by atoms with Crippen LogP contribution in [-0.4, -0.2) is 17.5 Å². The van der Waals surface area contributed by atoms with Crippen LogP contribution in [0.2, 0.25) is 10.0 Å². The number of benzene rings is 3. The van der Waals surface area contributed by atoms with Gasteiger partial charge in [0.25, 0.3) is 11.8 Å². The summed E-state index contributed by atoms with van der Waals surface area (Å²) in [5, 5.41) is 7.67. The molecule has 3 aromatic carbocycles. The van der Waals surface area contributed by atoms with Crippen molar-refractivity contribution < 1.29 is 9.59 Å². The van der Waals surface area contributed by atoms with Crippen LogP contribution in [0.15, 0.2) is 76.3 Å². The van der Waals surface area contributed by atoms with Crippen molar-refractivity contribution in [1.82, 2.24) is 5.43 Å². The van der Waals surface area contributed by atoms with Gasteiger partial charge in [0.1, 0.15) is 0 Å². The van der Waals surface area contributed by atoms with E-state index < -0.39 is 0 Å². The van der Waals surface area contributed by atoms with Crippen LogP contribution in [0, 0.1) is 0 Å². The maximum absolute atomic E-state index is 12.5. The summed E-state index contributed by atoms with van der Waals surface area (Å²) in [6.07, 6.45) is 0. The Kier molecular flexibility index (Phi) is 7.26. The van der Waals surface area contributed by atoms with E-state index in [1.807, 2.05) is 6.07 Å². The number of nitrogens with zero attached hydrogens (tertiary/aromatic N) is 1. The van der Waals surface area contributed by atoms with Crippen molar-refractivity contribution in [2.45, 2.75) is 6.92 Å². The molecular weight excluding hydrogens is 489 g/mol. The highest BCUT2D eigenvalue weighted by atomic mass is 79.9. The lowest BCUT2D eigenvalue weighted by molar-refractivity contribution is 0.0954. The van der Waals surface area contributed by atoms with E-state index in [0.29, 0.717) is 27.5 Å². The zero-order valence-corrected chi connectivity index (χ0v) is 18.8. The monoisotopic (exact) mass is 503 g/mol. The van der Waals surface area contributed by atoms with Crippen molar-refractivity contribution >= 4 is 62.3 Å². The molecule has 0 saturated carbocycles. The van der Waals surface area contributed by atoms with Gasteiger partial charge in [-0.1, -0.05) is 51.3 Å². The van der Waals surface area contributed by atoms with E-state index in [1.54, 1.807) is 61.5 Å². The van der Waals surface area contributed by atoms with Gasteiger partial charge in [-0.25, -0.2) is 5.43 Å². The summed E-state index contributed by atoms with van der Waals surface area (Å²) in [5.41, 5.74) is 5.24. The second-order valence-electron chi connectivity index (χ2n) is 6.30. The third kappa shape index (κ3) is 5.69. The van der Waals surface area contributed by atoms with E-state index in [2.05, 4.69) is 31.8 Å². The molecule has 0 heterocycles. The van der Waals surface area contributed by atoms with Crippen LogP contribution < -0.4 is 10.7 Å². The first-order chi connectivity index (χ1) is 14.3. The van der Waals surface area contributed by atoms with E-state index in [1.165, 1.54) is 6.07 Å². The van der Waals surface area contributed by atoms with E-state index >= 15 is 0 Å². The average Bonchev–Trinajstić information content (AvgIpc) is 2.72. The number of nitrogens with one attached hydrogen (secondary N) is 2. The second kappa shape index (κ2) is 9.89. The third-order valence-corrected chi connectivity index (χ3v) is 5.22. The molecule has 5 nitrogen and oxygen atoms in total. The Morgan fingerprint density at radius 2 is 1.63 bits per heavy atom. The van der Waals surface area contributed by atoms with Crippen molar-refractivity contribution in [2.24, 2.45) is 5.10 Å². The van der Waals surface area contributed by atoms with Gasteiger partial charge in [-0.3, -0.25) is 9.59 Å². The summed E-state index contributed by atoms with van der Waals surface area (Å²) < 4.78 is 0.887. The molecule has 8 heteroatoms. The summed E-state index contributed by atoms with van der Waals surface area (Å²) in [6.45, 7) is 1.76. The predicted octanol–water partition coefficient (Wildman–Crippen LogP) is 6.16. The van der Waals surface area contributed by atoms with Crippen LogP contribution in [0.4, 0.5) is 5.69 Å². The average molecular weight is 505 g/mol. The summed E-state index contributed by atoms with van der Waals surface area (Å²) in [4.78, 5) is 24.7. The van der Waals surface area contributed by atoms with Gasteiger partial charge in [0.15, 0.2) is 0 Å². The maximum atomic E-state index is 12.5. The Balaban J connectivity index is 1.70. The van der Waals surface area contributed by atoms with Crippen LogP contribution in [0.25, 0.3) is 0 Å². The number of hydrogen-bond donors (Lipinski definition) is 2. The summed E-state index contributed by atoms with van der Waals surface area (Å²) in [6, 6.07) is 18.8. The van der Waals surface area contributed by atoms with Gasteiger partial charge in [-0.15, -0.1) is 0 Å². The fourth-order valence-corrected chi connectivity index (χ4v) is 3.32. The molecule has 0 fully saturated rings. The van der Waals surface area contributed by atoms with Gasteiger partial charge in [0, 0.05) is 20.7 Å². The fourth-order valence-electron chi connectivity index (χ4n) is 2.56. The molecule has 0 aliphatic rings. The van der Waals surface area contributed by atoms with Crippen molar-refractivity contribution in [3.8, 4) is 0 Å². The Bertz CT molecular complexity index is 1130. The lowest BCUT2D eigenvalue weighted by Gasteiger charge is -2.09. The molecule has 0 aromatic heterocycles. The zero-order chi connectivity index (χ0) is 21.7. The topological polar surface area (TPSA) is 70.6 Å². The number of hydrazone groups is 1. The lowest BCUT2D eigenvalue weighted by atomic mass is 10.1. The van der Waals surface area contributed by atoms with Crippen LogP contribution in [0.5, 0.6) is 0 Å². The SMILES string of the molecule is CC(=NNC(=O)c1ccc(Br)cc1)c1cccc(NC(=O)c2ccc(Cl)cc2Cl)c1. The molecule has 2 N–H and O–H groups in total. The van der Waals surface area contributed by atoms with Crippen molar-refractivity contribution in [3.63, 3.8) is 0 Å². The Morgan fingerprint density at radius 3 is 2.33 bits per heavy atom. The molecule has 2 amide bonds. The molecule has 0 bridgehead atoms. The first kappa shape index (κ1) is 22.0. The molecular formula is C22H16BrCl2N3O2. The normalized spacial score (nSPS) is 11.1. The minimum Gasteiger partial charge on any atom is -0.322 e. The van der Waals surface area contributed by atoms with Gasteiger partial charge in [-0.05, 0) is 67.1 Å². The number of rotatable bonds is 5. The predicted molar refractivity (Wildman–Crippen MR) is 125 cm³/mol. The number of halogens is 3. The Morgan fingerprint density at radius 1 is 0.900 bits per heavy atom. The largest absolute Gasteiger partial charge is 0.322 e. The van der Waals surface area contributed by atoms with Crippen LogP contribution in [0.1, 0.15) is 33.2 Å². The number of hydrogen-bond acceptors (Lipinski definition) is 3. The number of carbonyl (C=O) groups is 2. The van der Waals surface area contributed by atoms with Crippen LogP contribution in [-0.2, 0) is 0 Å². The van der Waals surface area contributed by atoms with E-state index in [4.69, 9.17) is 23.2 Å². The molecule has 0 unspecified atom stereocenters. The van der Waals surface area contributed by atoms with Crippen LogP contribution >= 0.6 is 39.1 Å². The molecule has 30 heavy (non-hydrogen) atoms. The molecule has 0 radical (unpaired) electrons. The first-order valence-electron chi connectivity index (χ1n) is 8.80. The molecule has 3 aromatic rings. The molecule has 0 aliphatic carbocycles. The third-order valence-electron chi connectivity index (χ3n) is 4.15. The van der Waals surface area contributed by atoms with E-state index in [9.17, 15) is 9.59 Å². The van der Waals surface area contributed by atoms with Gasteiger partial charge < -0.3 is 5.32 Å². The molecule has 0 atom stereocenters. The molecule has 3 rings (SSSR count). The second-order valence-corrected chi connectivity index (χ2v) is 8.06. The highest BCUT2D eigenvalue weighted by Crippen LogP contribution is 2.22. The quantitative estimate of drug-likeness (QED) is 0.322. The van der Waals surface area contributed by atoms with Gasteiger partial charge in [0.05, 0.1) is 16.3 Å². The van der Waals surface area contributed by atoms with Gasteiger partial charge >= 0.3 is 0 Å². The lowest BCUT2D eigenvalue weighted by Crippen LogP contribution is -2.19. The Hall–Kier alpha value is -2.67. The van der Waals surface area contributed by atoms with E-state index in [0.717, 1.165) is 10.0 Å². The highest BCUT2D eigenvalue weighted by Gasteiger charge is 2.12. The molecule has 152 valence electrons. The number of amides is 2. The highest BCUT2D eigenvalue weighted by molar-refractivity contribution is 9.10. The number of anilines is 1. The summed E-state index contributed by atoms with van der Waals surface area (Å²) in [5.74, 6) is -0.671. The maximum Gasteiger partial charge on any atom is 0.271 e. The smallest absolute Gasteiger partial charge is 0.271 e. The number of carbonyl (C=O) groups excluding carboxylic acids is 2.